The summed E-state index contributed by atoms with van der Waals surface area (Å²) in [5.74, 6) is 5.65. The number of amides is 2. The molecule has 7 heteroatoms. The number of carbonyl (C=O) groups excluding carboxylic acids is 2. The molecule has 0 spiro atoms. The lowest BCUT2D eigenvalue weighted by atomic mass is 10.1. The Balaban J connectivity index is 1.93. The zero-order chi connectivity index (χ0) is 14.8. The van der Waals surface area contributed by atoms with Crippen LogP contribution in [0.25, 0.3) is 10.8 Å². The number of nitrogens with zero attached hydrogens (tertiary/aromatic N) is 1. The van der Waals surface area contributed by atoms with Gasteiger partial charge in [0.1, 0.15) is 5.82 Å². The van der Waals surface area contributed by atoms with Gasteiger partial charge in [-0.3, -0.25) is 9.59 Å². The van der Waals surface area contributed by atoms with Crippen molar-refractivity contribution >= 4 is 28.4 Å². The monoisotopic (exact) mass is 285 g/mol. The average Bonchev–Trinajstić information content (AvgIpc) is 2.91. The number of nitrogens with two attached hydrogens (primary N) is 1. The molecule has 1 aromatic heterocycles. The van der Waals surface area contributed by atoms with Crippen LogP contribution >= 0.6 is 0 Å². The van der Waals surface area contributed by atoms with Crippen LogP contribution in [0.5, 0.6) is 0 Å². The maximum Gasteiger partial charge on any atom is 0.253 e. The number of anilines is 1. The van der Waals surface area contributed by atoms with Crippen molar-refractivity contribution in [3.05, 3.63) is 36.0 Å². The minimum absolute atomic E-state index is 0.0500. The summed E-state index contributed by atoms with van der Waals surface area (Å²) >= 11 is 0. The number of nitrogen functional groups attached to an aromatic ring is 1. The molecule has 0 aliphatic carbocycles. The highest BCUT2D eigenvalue weighted by atomic mass is 16.2. The molecular weight excluding hydrogens is 270 g/mol. The average molecular weight is 285 g/mol. The van der Waals surface area contributed by atoms with Crippen molar-refractivity contribution in [1.82, 2.24) is 15.6 Å². The summed E-state index contributed by atoms with van der Waals surface area (Å²) in [6, 6.07) is 7.20. The van der Waals surface area contributed by atoms with Crippen LogP contribution in [0.4, 0.5) is 5.82 Å². The van der Waals surface area contributed by atoms with Crippen molar-refractivity contribution in [3.63, 3.8) is 0 Å². The first kappa shape index (κ1) is 13.3. The quantitative estimate of drug-likeness (QED) is 0.474. The Morgan fingerprint density at radius 3 is 2.76 bits per heavy atom. The molecule has 108 valence electrons. The zero-order valence-corrected chi connectivity index (χ0v) is 11.2. The molecule has 3 rings (SSSR count). The fourth-order valence-corrected chi connectivity index (χ4v) is 2.46. The predicted molar refractivity (Wildman–Crippen MR) is 78.4 cm³/mol. The molecule has 1 atom stereocenters. The third kappa shape index (κ3) is 2.50. The third-order valence-corrected chi connectivity index (χ3v) is 3.49. The van der Waals surface area contributed by atoms with Crippen molar-refractivity contribution < 1.29 is 9.59 Å². The van der Waals surface area contributed by atoms with E-state index in [0.29, 0.717) is 24.3 Å². The normalized spacial score (nSPS) is 17.6. The van der Waals surface area contributed by atoms with Crippen molar-refractivity contribution in [2.45, 2.75) is 12.5 Å². The maximum atomic E-state index is 12.4. The second-order valence-electron chi connectivity index (χ2n) is 4.89. The molecule has 1 aromatic carbocycles. The highest BCUT2D eigenvalue weighted by Crippen LogP contribution is 2.23. The van der Waals surface area contributed by atoms with Gasteiger partial charge in [-0.15, -0.1) is 0 Å². The fraction of sp³-hybridized carbons (Fsp3) is 0.214. The lowest BCUT2D eigenvalue weighted by molar-refractivity contribution is -0.119. The lowest BCUT2D eigenvalue weighted by Gasteiger charge is -2.13. The largest absolute Gasteiger partial charge is 0.354 e. The summed E-state index contributed by atoms with van der Waals surface area (Å²) in [5, 5.41) is 7.06. The summed E-state index contributed by atoms with van der Waals surface area (Å²) in [6.07, 6.45) is 1.79. The van der Waals surface area contributed by atoms with E-state index in [2.05, 4.69) is 21.0 Å². The molecule has 2 heterocycles. The zero-order valence-electron chi connectivity index (χ0n) is 11.2. The van der Waals surface area contributed by atoms with Gasteiger partial charge in [0, 0.05) is 24.5 Å². The van der Waals surface area contributed by atoms with E-state index in [-0.39, 0.29) is 17.9 Å². The Labute approximate surface area is 120 Å². The van der Waals surface area contributed by atoms with Crippen LogP contribution in [0, 0.1) is 0 Å². The molecule has 1 aliphatic rings. The van der Waals surface area contributed by atoms with Crippen LogP contribution in [0.1, 0.15) is 16.8 Å². The van der Waals surface area contributed by atoms with E-state index in [1.165, 1.54) is 6.20 Å². The molecule has 2 aromatic rings. The standard InChI is InChI=1S/C14H15N5O2/c15-19-13-10-4-2-1-3-9(10)11(7-17-13)14(21)18-8-5-12(20)16-6-8/h1-4,7-8H,5-6,15H2,(H,16,20)(H,17,19)(H,18,21). The SMILES string of the molecule is NNc1ncc(C(=O)NC2CNC(=O)C2)c2ccccc12. The first-order valence-electron chi connectivity index (χ1n) is 6.61. The second kappa shape index (κ2) is 5.37. The van der Waals surface area contributed by atoms with Gasteiger partial charge in [0.25, 0.3) is 5.91 Å². The van der Waals surface area contributed by atoms with Gasteiger partial charge < -0.3 is 16.1 Å². The molecule has 1 aliphatic heterocycles. The number of hydrogen-bond donors (Lipinski definition) is 4. The number of pyridine rings is 1. The molecule has 1 fully saturated rings. The minimum Gasteiger partial charge on any atom is -0.354 e. The number of rotatable bonds is 3. The minimum atomic E-state index is -0.247. The Morgan fingerprint density at radius 2 is 2.10 bits per heavy atom. The van der Waals surface area contributed by atoms with E-state index in [1.54, 1.807) is 0 Å². The Kier molecular flexibility index (Phi) is 3.41. The molecular formula is C14H15N5O2. The molecule has 1 saturated heterocycles. The molecule has 21 heavy (non-hydrogen) atoms. The first-order valence-corrected chi connectivity index (χ1v) is 6.61. The molecule has 5 N–H and O–H groups in total. The number of hydrogen-bond acceptors (Lipinski definition) is 5. The third-order valence-electron chi connectivity index (χ3n) is 3.49. The topological polar surface area (TPSA) is 109 Å². The number of hydrazine groups is 1. The summed E-state index contributed by atoms with van der Waals surface area (Å²) in [6.45, 7) is 0.457. The van der Waals surface area contributed by atoms with Crippen LogP contribution in [0.15, 0.2) is 30.5 Å². The Hall–Kier alpha value is -2.67. The summed E-state index contributed by atoms with van der Waals surface area (Å²) in [5.41, 5.74) is 2.98. The van der Waals surface area contributed by atoms with Crippen molar-refractivity contribution in [2.24, 2.45) is 5.84 Å². The van der Waals surface area contributed by atoms with Gasteiger partial charge in [-0.2, -0.15) is 0 Å². The Morgan fingerprint density at radius 1 is 1.33 bits per heavy atom. The fourth-order valence-electron chi connectivity index (χ4n) is 2.46. The van der Waals surface area contributed by atoms with Gasteiger partial charge in [0.2, 0.25) is 5.91 Å². The van der Waals surface area contributed by atoms with Crippen LogP contribution in [-0.2, 0) is 4.79 Å². The first-order chi connectivity index (χ1) is 10.2. The van der Waals surface area contributed by atoms with Crippen LogP contribution in [0.3, 0.4) is 0 Å². The van der Waals surface area contributed by atoms with E-state index >= 15 is 0 Å². The van der Waals surface area contributed by atoms with Crippen molar-refractivity contribution in [1.29, 1.82) is 0 Å². The number of nitrogens with one attached hydrogen (secondary N) is 3. The highest BCUT2D eigenvalue weighted by Gasteiger charge is 2.24. The molecule has 2 amide bonds. The van der Waals surface area contributed by atoms with Gasteiger partial charge in [-0.1, -0.05) is 24.3 Å². The van der Waals surface area contributed by atoms with Gasteiger partial charge in [-0.05, 0) is 5.39 Å². The van der Waals surface area contributed by atoms with E-state index in [0.717, 1.165) is 10.8 Å². The van der Waals surface area contributed by atoms with Crippen molar-refractivity contribution in [2.75, 3.05) is 12.0 Å². The van der Waals surface area contributed by atoms with Crippen molar-refractivity contribution in [3.8, 4) is 0 Å². The van der Waals surface area contributed by atoms with E-state index in [9.17, 15) is 9.59 Å². The Bertz CT molecular complexity index is 716. The number of fused-ring (bicyclic) bond motifs is 1. The summed E-state index contributed by atoms with van der Waals surface area (Å²) < 4.78 is 0. The van der Waals surface area contributed by atoms with Gasteiger partial charge in [0.05, 0.1) is 11.6 Å². The van der Waals surface area contributed by atoms with E-state index in [4.69, 9.17) is 5.84 Å². The van der Waals surface area contributed by atoms with Gasteiger partial charge in [0.15, 0.2) is 0 Å². The molecule has 0 bridgehead atoms. The summed E-state index contributed by atoms with van der Waals surface area (Å²) in [4.78, 5) is 27.7. The van der Waals surface area contributed by atoms with Crippen LogP contribution in [-0.4, -0.2) is 29.4 Å². The van der Waals surface area contributed by atoms with Gasteiger partial charge >= 0.3 is 0 Å². The van der Waals surface area contributed by atoms with Gasteiger partial charge in [-0.25, -0.2) is 10.8 Å². The van der Waals surface area contributed by atoms with E-state index in [1.807, 2.05) is 24.3 Å². The van der Waals surface area contributed by atoms with Crippen LogP contribution in [0.2, 0.25) is 0 Å². The number of carbonyl (C=O) groups is 2. The smallest absolute Gasteiger partial charge is 0.253 e. The number of benzene rings is 1. The lowest BCUT2D eigenvalue weighted by Crippen LogP contribution is -2.36. The summed E-state index contributed by atoms with van der Waals surface area (Å²) in [7, 11) is 0. The molecule has 7 nitrogen and oxygen atoms in total. The predicted octanol–water partition coefficient (Wildman–Crippen LogP) is 0.139. The second-order valence-corrected chi connectivity index (χ2v) is 4.89. The highest BCUT2D eigenvalue weighted by molar-refractivity contribution is 6.09. The van der Waals surface area contributed by atoms with Crippen LogP contribution < -0.4 is 21.9 Å². The van der Waals surface area contributed by atoms with E-state index < -0.39 is 0 Å². The maximum absolute atomic E-state index is 12.4. The number of aromatic nitrogens is 1. The molecule has 0 saturated carbocycles. The molecule has 1 unspecified atom stereocenters. The molecule has 0 radical (unpaired) electrons.